The van der Waals surface area contributed by atoms with Crippen molar-refractivity contribution >= 4 is 16.9 Å². The Kier molecular flexibility index (Phi) is 6.40. The SMILES string of the molecule is CCN(CC)C(=O)c1cc(C)nc2c1c(=O)n(Cc1ccccc1F)c(=O)n2-c1ccccc1. The molecular weight excluding hydrogens is 435 g/mol. The van der Waals surface area contributed by atoms with Crippen molar-refractivity contribution in [3.05, 3.63) is 104 Å². The fourth-order valence-electron chi connectivity index (χ4n) is 4.06. The first-order valence-electron chi connectivity index (χ1n) is 11.1. The van der Waals surface area contributed by atoms with E-state index >= 15 is 0 Å². The number of amides is 1. The molecule has 7 nitrogen and oxygen atoms in total. The summed E-state index contributed by atoms with van der Waals surface area (Å²) in [6.45, 7) is 6.06. The van der Waals surface area contributed by atoms with Gasteiger partial charge in [-0.05, 0) is 45.0 Å². The largest absolute Gasteiger partial charge is 0.339 e. The van der Waals surface area contributed by atoms with Gasteiger partial charge in [0.25, 0.3) is 11.5 Å². The normalized spacial score (nSPS) is 11.1. The minimum absolute atomic E-state index is 0.0299. The van der Waals surface area contributed by atoms with Gasteiger partial charge in [0.15, 0.2) is 5.65 Å². The van der Waals surface area contributed by atoms with Crippen molar-refractivity contribution in [1.29, 1.82) is 0 Å². The van der Waals surface area contributed by atoms with Gasteiger partial charge in [-0.15, -0.1) is 0 Å². The maximum absolute atomic E-state index is 14.4. The molecule has 0 radical (unpaired) electrons. The van der Waals surface area contributed by atoms with Crippen LogP contribution in [0.4, 0.5) is 4.39 Å². The van der Waals surface area contributed by atoms with Crippen LogP contribution in [0.3, 0.4) is 0 Å². The lowest BCUT2D eigenvalue weighted by Crippen LogP contribution is -2.41. The van der Waals surface area contributed by atoms with E-state index in [9.17, 15) is 18.8 Å². The van der Waals surface area contributed by atoms with Gasteiger partial charge in [-0.1, -0.05) is 36.4 Å². The fourth-order valence-corrected chi connectivity index (χ4v) is 4.06. The van der Waals surface area contributed by atoms with E-state index in [1.165, 1.54) is 22.8 Å². The average Bonchev–Trinajstić information content (AvgIpc) is 2.83. The Morgan fingerprint density at radius 1 is 1.00 bits per heavy atom. The summed E-state index contributed by atoms with van der Waals surface area (Å²) in [4.78, 5) is 46.8. The maximum atomic E-state index is 14.4. The van der Waals surface area contributed by atoms with Gasteiger partial charge in [-0.3, -0.25) is 14.2 Å². The Morgan fingerprint density at radius 2 is 1.65 bits per heavy atom. The average molecular weight is 461 g/mol. The van der Waals surface area contributed by atoms with Crippen molar-refractivity contribution in [3.8, 4) is 5.69 Å². The summed E-state index contributed by atoms with van der Waals surface area (Å²) in [5.74, 6) is -0.852. The quantitative estimate of drug-likeness (QED) is 0.441. The minimum Gasteiger partial charge on any atom is -0.339 e. The second-order valence-corrected chi connectivity index (χ2v) is 7.92. The number of rotatable bonds is 6. The van der Waals surface area contributed by atoms with Gasteiger partial charge in [0.2, 0.25) is 0 Å². The number of pyridine rings is 1. The molecular formula is C26H25FN4O3. The third-order valence-corrected chi connectivity index (χ3v) is 5.80. The number of hydrogen-bond acceptors (Lipinski definition) is 4. The molecule has 0 saturated heterocycles. The Morgan fingerprint density at radius 3 is 2.29 bits per heavy atom. The van der Waals surface area contributed by atoms with Crippen LogP contribution in [-0.4, -0.2) is 38.0 Å². The maximum Gasteiger partial charge on any atom is 0.337 e. The zero-order valence-corrected chi connectivity index (χ0v) is 19.3. The molecule has 0 unspecified atom stereocenters. The second kappa shape index (κ2) is 9.43. The zero-order chi connectivity index (χ0) is 24.4. The van der Waals surface area contributed by atoms with Crippen molar-refractivity contribution in [2.24, 2.45) is 0 Å². The standard InChI is InChI=1S/C26H25FN4O3/c1-4-29(5-2)24(32)20-15-17(3)28-23-22(20)25(33)30(16-18-11-9-10-14-21(18)27)26(34)31(23)19-12-7-6-8-13-19/h6-15H,4-5,16H2,1-3H3. The minimum atomic E-state index is -0.682. The van der Waals surface area contributed by atoms with E-state index in [2.05, 4.69) is 4.98 Å². The first-order valence-corrected chi connectivity index (χ1v) is 11.1. The molecule has 4 rings (SSSR count). The topological polar surface area (TPSA) is 77.2 Å². The van der Waals surface area contributed by atoms with Gasteiger partial charge >= 0.3 is 5.69 Å². The number of carbonyl (C=O) groups excluding carboxylic acids is 1. The lowest BCUT2D eigenvalue weighted by atomic mass is 10.1. The van der Waals surface area contributed by atoms with Crippen LogP contribution >= 0.6 is 0 Å². The summed E-state index contributed by atoms with van der Waals surface area (Å²) < 4.78 is 16.7. The Hall–Kier alpha value is -4.07. The van der Waals surface area contributed by atoms with Crippen LogP contribution in [0, 0.1) is 12.7 Å². The molecule has 0 aliphatic carbocycles. The van der Waals surface area contributed by atoms with Crippen molar-refractivity contribution in [2.45, 2.75) is 27.3 Å². The van der Waals surface area contributed by atoms with E-state index in [1.54, 1.807) is 54.3 Å². The van der Waals surface area contributed by atoms with Crippen molar-refractivity contribution in [2.75, 3.05) is 13.1 Å². The zero-order valence-electron chi connectivity index (χ0n) is 19.3. The van der Waals surface area contributed by atoms with Crippen LogP contribution in [0.25, 0.3) is 16.7 Å². The molecule has 8 heteroatoms. The summed E-state index contributed by atoms with van der Waals surface area (Å²) in [7, 11) is 0. The van der Waals surface area contributed by atoms with E-state index < -0.39 is 17.1 Å². The first-order chi connectivity index (χ1) is 16.4. The predicted octanol–water partition coefficient (Wildman–Crippen LogP) is 3.53. The van der Waals surface area contributed by atoms with Crippen LogP contribution in [0.2, 0.25) is 0 Å². The van der Waals surface area contributed by atoms with E-state index in [4.69, 9.17) is 0 Å². The van der Waals surface area contributed by atoms with Gasteiger partial charge in [0.05, 0.1) is 23.2 Å². The van der Waals surface area contributed by atoms with E-state index in [1.807, 2.05) is 13.8 Å². The molecule has 1 amide bonds. The highest BCUT2D eigenvalue weighted by molar-refractivity contribution is 6.05. The molecule has 0 aliphatic heterocycles. The van der Waals surface area contributed by atoms with Crippen LogP contribution in [-0.2, 0) is 6.54 Å². The molecule has 0 fully saturated rings. The number of aromatic nitrogens is 3. The van der Waals surface area contributed by atoms with E-state index in [0.717, 1.165) is 4.57 Å². The van der Waals surface area contributed by atoms with Crippen molar-refractivity contribution in [1.82, 2.24) is 19.0 Å². The number of aryl methyl sites for hydroxylation is 1. The highest BCUT2D eigenvalue weighted by Crippen LogP contribution is 2.19. The van der Waals surface area contributed by atoms with Crippen LogP contribution < -0.4 is 11.2 Å². The number of fused-ring (bicyclic) bond motifs is 1. The monoisotopic (exact) mass is 460 g/mol. The molecule has 0 atom stereocenters. The number of halogens is 1. The molecule has 2 aromatic carbocycles. The molecule has 0 saturated carbocycles. The molecule has 4 aromatic rings. The van der Waals surface area contributed by atoms with E-state index in [-0.39, 0.29) is 34.6 Å². The summed E-state index contributed by atoms with van der Waals surface area (Å²) >= 11 is 0. The number of hydrogen-bond donors (Lipinski definition) is 0. The lowest BCUT2D eigenvalue weighted by molar-refractivity contribution is 0.0774. The second-order valence-electron chi connectivity index (χ2n) is 7.92. The molecule has 0 spiro atoms. The summed E-state index contributed by atoms with van der Waals surface area (Å²) in [6, 6.07) is 16.3. The third kappa shape index (κ3) is 4.03. The van der Waals surface area contributed by atoms with Crippen LogP contribution in [0.5, 0.6) is 0 Å². The van der Waals surface area contributed by atoms with Gasteiger partial charge in [-0.25, -0.2) is 18.7 Å². The van der Waals surface area contributed by atoms with Gasteiger partial charge in [0.1, 0.15) is 5.82 Å². The van der Waals surface area contributed by atoms with E-state index in [0.29, 0.717) is 24.5 Å². The number of benzene rings is 2. The van der Waals surface area contributed by atoms with Crippen molar-refractivity contribution in [3.63, 3.8) is 0 Å². The lowest BCUT2D eigenvalue weighted by Gasteiger charge is -2.21. The van der Waals surface area contributed by atoms with Gasteiger partial charge < -0.3 is 4.90 Å². The third-order valence-electron chi connectivity index (χ3n) is 5.80. The highest BCUT2D eigenvalue weighted by Gasteiger charge is 2.24. The van der Waals surface area contributed by atoms with Gasteiger partial charge in [-0.2, -0.15) is 0 Å². The molecule has 2 heterocycles. The number of nitrogens with zero attached hydrogens (tertiary/aromatic N) is 4. The number of para-hydroxylation sites is 1. The number of carbonyl (C=O) groups is 1. The van der Waals surface area contributed by atoms with Crippen molar-refractivity contribution < 1.29 is 9.18 Å². The predicted molar refractivity (Wildman–Crippen MR) is 129 cm³/mol. The summed E-state index contributed by atoms with van der Waals surface area (Å²) in [5.41, 5.74) is 0.101. The molecule has 0 bridgehead atoms. The van der Waals surface area contributed by atoms with Crippen LogP contribution in [0.1, 0.15) is 35.5 Å². The summed E-state index contributed by atoms with van der Waals surface area (Å²) in [5, 5.41) is 0.0299. The summed E-state index contributed by atoms with van der Waals surface area (Å²) in [6.07, 6.45) is 0. The fraction of sp³-hybridized carbons (Fsp3) is 0.231. The Labute approximate surface area is 195 Å². The molecule has 34 heavy (non-hydrogen) atoms. The highest BCUT2D eigenvalue weighted by atomic mass is 19.1. The molecule has 174 valence electrons. The molecule has 0 aliphatic rings. The molecule has 0 N–H and O–H groups in total. The smallest absolute Gasteiger partial charge is 0.337 e. The first kappa shape index (κ1) is 23.1. The van der Waals surface area contributed by atoms with Crippen LogP contribution in [0.15, 0.2) is 70.3 Å². The Balaban J connectivity index is 2.13. The molecule has 2 aromatic heterocycles. The van der Waals surface area contributed by atoms with Gasteiger partial charge in [0, 0.05) is 24.3 Å². The Bertz CT molecular complexity index is 1490.